The molecule has 1 N–H and O–H groups in total. The third-order valence-electron chi connectivity index (χ3n) is 3.52. The Labute approximate surface area is 120 Å². The van der Waals surface area contributed by atoms with Gasteiger partial charge >= 0.3 is 0 Å². The van der Waals surface area contributed by atoms with Gasteiger partial charge < -0.3 is 4.90 Å². The van der Waals surface area contributed by atoms with Gasteiger partial charge in [0, 0.05) is 12.6 Å². The van der Waals surface area contributed by atoms with Crippen molar-refractivity contribution in [2.75, 3.05) is 19.6 Å². The Kier molecular flexibility index (Phi) is 9.05. The molecule has 3 nitrogen and oxygen atoms in total. The van der Waals surface area contributed by atoms with Crippen molar-refractivity contribution in [3.63, 3.8) is 0 Å². The number of unbranched alkanes of at least 4 members (excludes halogenated alkanes) is 1. The molecule has 0 bridgehead atoms. The second kappa shape index (κ2) is 9.34. The number of nitrogens with one attached hydrogen (secondary N) is 1. The molecule has 1 atom stereocenters. The van der Waals surface area contributed by atoms with Crippen LogP contribution in [0.3, 0.4) is 0 Å². The fourth-order valence-electron chi connectivity index (χ4n) is 2.40. The van der Waals surface area contributed by atoms with Gasteiger partial charge in [0.15, 0.2) is 0 Å². The molecule has 0 fully saturated rings. The van der Waals surface area contributed by atoms with Gasteiger partial charge in [0.25, 0.3) is 0 Å². The summed E-state index contributed by atoms with van der Waals surface area (Å²) in [5.41, 5.74) is -0.352. The van der Waals surface area contributed by atoms with Gasteiger partial charge in [-0.3, -0.25) is 5.32 Å². The van der Waals surface area contributed by atoms with Gasteiger partial charge in [0.05, 0.1) is 6.07 Å². The summed E-state index contributed by atoms with van der Waals surface area (Å²) in [5.74, 6) is 0.716. The topological polar surface area (TPSA) is 39.1 Å². The van der Waals surface area contributed by atoms with E-state index in [1.165, 1.54) is 13.0 Å². The average Bonchev–Trinajstić information content (AvgIpc) is 2.32. The summed E-state index contributed by atoms with van der Waals surface area (Å²) in [6.07, 6.45) is 3.22. The van der Waals surface area contributed by atoms with Crippen LogP contribution in [0.5, 0.6) is 0 Å². The summed E-state index contributed by atoms with van der Waals surface area (Å²) in [4.78, 5) is 2.54. The molecule has 112 valence electrons. The lowest BCUT2D eigenvalue weighted by Crippen LogP contribution is -2.41. The summed E-state index contributed by atoms with van der Waals surface area (Å²) >= 11 is 0. The van der Waals surface area contributed by atoms with Crippen molar-refractivity contribution in [3.8, 4) is 6.07 Å². The van der Waals surface area contributed by atoms with E-state index in [4.69, 9.17) is 0 Å². The zero-order valence-electron chi connectivity index (χ0n) is 13.8. The molecule has 0 aromatic carbocycles. The quantitative estimate of drug-likeness (QED) is 0.616. The first kappa shape index (κ1) is 18.4. The maximum Gasteiger partial charge on any atom is 0.103 e. The highest BCUT2D eigenvalue weighted by molar-refractivity contribution is 5.03. The molecule has 0 amide bonds. The SMILES string of the molecule is CCNC(C)(C#N)CCCCN(CC(C)C)C(C)C. The molecule has 0 aliphatic rings. The molecule has 0 heterocycles. The largest absolute Gasteiger partial charge is 0.301 e. The molecule has 0 aliphatic carbocycles. The highest BCUT2D eigenvalue weighted by Gasteiger charge is 2.21. The second-order valence-corrected chi connectivity index (χ2v) is 6.41. The van der Waals surface area contributed by atoms with E-state index in [2.05, 4.69) is 50.9 Å². The van der Waals surface area contributed by atoms with Gasteiger partial charge in [-0.15, -0.1) is 0 Å². The minimum absolute atomic E-state index is 0.352. The first-order valence-corrected chi connectivity index (χ1v) is 7.75. The molecular formula is C16H33N3. The van der Waals surface area contributed by atoms with Gasteiger partial charge in [-0.2, -0.15) is 5.26 Å². The summed E-state index contributed by atoms with van der Waals surface area (Å²) < 4.78 is 0. The maximum absolute atomic E-state index is 9.21. The fraction of sp³-hybridized carbons (Fsp3) is 0.938. The summed E-state index contributed by atoms with van der Waals surface area (Å²) in [6, 6.07) is 3.01. The van der Waals surface area contributed by atoms with Crippen molar-refractivity contribution in [1.29, 1.82) is 5.26 Å². The molecule has 1 unspecified atom stereocenters. The fourth-order valence-corrected chi connectivity index (χ4v) is 2.40. The van der Waals surface area contributed by atoms with Crippen LogP contribution < -0.4 is 5.32 Å². The first-order chi connectivity index (χ1) is 8.84. The standard InChI is InChI=1S/C16H33N3/c1-7-18-16(6,13-17)10-8-9-11-19(15(4)5)12-14(2)3/h14-15,18H,7-12H2,1-6H3. The second-order valence-electron chi connectivity index (χ2n) is 6.41. The molecule has 0 saturated heterocycles. The van der Waals surface area contributed by atoms with Crippen molar-refractivity contribution < 1.29 is 0 Å². The number of hydrogen-bond donors (Lipinski definition) is 1. The highest BCUT2D eigenvalue weighted by atomic mass is 15.1. The minimum atomic E-state index is -0.352. The lowest BCUT2D eigenvalue weighted by Gasteiger charge is -2.29. The van der Waals surface area contributed by atoms with Crippen LogP contribution in [0.4, 0.5) is 0 Å². The summed E-state index contributed by atoms with van der Waals surface area (Å²) in [6.45, 7) is 16.3. The van der Waals surface area contributed by atoms with Crippen molar-refractivity contribution >= 4 is 0 Å². The van der Waals surface area contributed by atoms with E-state index in [9.17, 15) is 5.26 Å². The predicted molar refractivity (Wildman–Crippen MR) is 83.1 cm³/mol. The van der Waals surface area contributed by atoms with E-state index in [0.29, 0.717) is 12.0 Å². The van der Waals surface area contributed by atoms with Crippen molar-refractivity contribution in [2.24, 2.45) is 5.92 Å². The highest BCUT2D eigenvalue weighted by Crippen LogP contribution is 2.14. The lowest BCUT2D eigenvalue weighted by molar-refractivity contribution is 0.192. The Morgan fingerprint density at radius 3 is 2.26 bits per heavy atom. The Balaban J connectivity index is 4.03. The van der Waals surface area contributed by atoms with Gasteiger partial charge in [-0.1, -0.05) is 20.8 Å². The molecule has 3 heteroatoms. The van der Waals surface area contributed by atoms with Crippen LogP contribution in [-0.4, -0.2) is 36.1 Å². The van der Waals surface area contributed by atoms with Gasteiger partial charge in [-0.05, 0) is 59.0 Å². The molecule has 0 spiro atoms. The molecular weight excluding hydrogens is 234 g/mol. The van der Waals surface area contributed by atoms with Gasteiger partial charge in [0.1, 0.15) is 5.54 Å². The third kappa shape index (κ3) is 8.23. The normalized spacial score (nSPS) is 14.9. The van der Waals surface area contributed by atoms with Crippen LogP contribution in [-0.2, 0) is 0 Å². The van der Waals surface area contributed by atoms with E-state index in [0.717, 1.165) is 25.9 Å². The molecule has 19 heavy (non-hydrogen) atoms. The maximum atomic E-state index is 9.21. The van der Waals surface area contributed by atoms with E-state index < -0.39 is 0 Å². The van der Waals surface area contributed by atoms with Crippen LogP contribution in [0.15, 0.2) is 0 Å². The Morgan fingerprint density at radius 1 is 1.21 bits per heavy atom. The molecule has 0 radical (unpaired) electrons. The Bertz CT molecular complexity index is 268. The van der Waals surface area contributed by atoms with E-state index >= 15 is 0 Å². The predicted octanol–water partition coefficient (Wildman–Crippen LogP) is 3.41. The zero-order valence-corrected chi connectivity index (χ0v) is 13.8. The van der Waals surface area contributed by atoms with Crippen molar-refractivity contribution in [3.05, 3.63) is 0 Å². The number of rotatable bonds is 10. The Morgan fingerprint density at radius 2 is 1.84 bits per heavy atom. The van der Waals surface area contributed by atoms with Crippen LogP contribution in [0.25, 0.3) is 0 Å². The molecule has 0 aromatic heterocycles. The van der Waals surface area contributed by atoms with Crippen molar-refractivity contribution in [2.45, 2.75) is 72.4 Å². The molecule has 0 saturated carbocycles. The number of nitriles is 1. The minimum Gasteiger partial charge on any atom is -0.301 e. The van der Waals surface area contributed by atoms with Gasteiger partial charge in [0.2, 0.25) is 0 Å². The number of nitrogens with zero attached hydrogens (tertiary/aromatic N) is 2. The zero-order chi connectivity index (χ0) is 14.9. The van der Waals surface area contributed by atoms with Gasteiger partial charge in [-0.25, -0.2) is 0 Å². The first-order valence-electron chi connectivity index (χ1n) is 7.75. The molecule has 0 aliphatic heterocycles. The van der Waals surface area contributed by atoms with E-state index in [-0.39, 0.29) is 5.54 Å². The Hall–Kier alpha value is -0.590. The van der Waals surface area contributed by atoms with Crippen LogP contribution in [0.2, 0.25) is 0 Å². The van der Waals surface area contributed by atoms with Crippen molar-refractivity contribution in [1.82, 2.24) is 10.2 Å². The van der Waals surface area contributed by atoms with Crippen LogP contribution >= 0.6 is 0 Å². The molecule has 0 aromatic rings. The van der Waals surface area contributed by atoms with Crippen LogP contribution in [0, 0.1) is 17.2 Å². The number of hydrogen-bond acceptors (Lipinski definition) is 3. The average molecular weight is 267 g/mol. The lowest BCUT2D eigenvalue weighted by atomic mass is 9.96. The third-order valence-corrected chi connectivity index (χ3v) is 3.52. The summed E-state index contributed by atoms with van der Waals surface area (Å²) in [7, 11) is 0. The monoisotopic (exact) mass is 267 g/mol. The smallest absolute Gasteiger partial charge is 0.103 e. The van der Waals surface area contributed by atoms with E-state index in [1.54, 1.807) is 0 Å². The van der Waals surface area contributed by atoms with Crippen LogP contribution in [0.1, 0.15) is 60.8 Å². The summed E-state index contributed by atoms with van der Waals surface area (Å²) in [5, 5.41) is 12.5. The molecule has 0 rings (SSSR count). The van der Waals surface area contributed by atoms with E-state index in [1.807, 2.05) is 6.92 Å².